The molecule has 0 amide bonds. The van der Waals surface area contributed by atoms with Crippen molar-refractivity contribution in [1.82, 2.24) is 0 Å². The number of hydrogen-bond acceptors (Lipinski definition) is 6. The molecule has 1 N–H and O–H groups in total. The molecule has 0 aliphatic carbocycles. The largest absolute Gasteiger partial charge is 0.481 e. The Morgan fingerprint density at radius 2 is 1.69 bits per heavy atom. The Kier molecular flexibility index (Phi) is 9.63. The fourth-order valence-electron chi connectivity index (χ4n) is 2.86. The average molecular weight is 368 g/mol. The summed E-state index contributed by atoms with van der Waals surface area (Å²) >= 11 is 0. The molecule has 0 radical (unpaired) electrons. The van der Waals surface area contributed by atoms with E-state index in [9.17, 15) is 24.3 Å². The van der Waals surface area contributed by atoms with Crippen molar-refractivity contribution in [1.29, 1.82) is 0 Å². The zero-order valence-corrected chi connectivity index (χ0v) is 16.0. The lowest BCUT2D eigenvalue weighted by molar-refractivity contribution is -0.183. The summed E-state index contributed by atoms with van der Waals surface area (Å²) < 4.78 is 9.88. The second-order valence-corrected chi connectivity index (χ2v) is 6.26. The Labute approximate surface area is 154 Å². The molecule has 0 aliphatic heterocycles. The fourth-order valence-corrected chi connectivity index (χ4v) is 2.86. The van der Waals surface area contributed by atoms with Crippen LogP contribution in [-0.2, 0) is 28.7 Å². The third-order valence-corrected chi connectivity index (χ3v) is 4.74. The lowest BCUT2D eigenvalue weighted by atomic mass is 9.72. The van der Waals surface area contributed by atoms with Gasteiger partial charge in [0.15, 0.2) is 11.3 Å². The summed E-state index contributed by atoms with van der Waals surface area (Å²) in [4.78, 5) is 49.0. The summed E-state index contributed by atoms with van der Waals surface area (Å²) in [5, 5.41) is 9.29. The highest BCUT2D eigenvalue weighted by molar-refractivity contribution is 6.06. The monoisotopic (exact) mass is 368 g/mol. The Morgan fingerprint density at radius 1 is 1.12 bits per heavy atom. The highest BCUT2D eigenvalue weighted by Gasteiger charge is 2.52. The molecule has 0 aromatic carbocycles. The van der Waals surface area contributed by atoms with Gasteiger partial charge in [-0.2, -0.15) is 0 Å². The maximum Gasteiger partial charge on any atom is 0.331 e. The van der Waals surface area contributed by atoms with E-state index in [1.165, 1.54) is 6.92 Å². The predicted molar refractivity (Wildman–Crippen MR) is 93.7 cm³/mol. The van der Waals surface area contributed by atoms with Crippen LogP contribution in [0.2, 0.25) is 0 Å². The second kappa shape index (κ2) is 10.6. The normalized spacial score (nSPS) is 16.3. The summed E-state index contributed by atoms with van der Waals surface area (Å²) in [5.41, 5.74) is -1.67. The van der Waals surface area contributed by atoms with Gasteiger partial charge in [0.1, 0.15) is 0 Å². The maximum atomic E-state index is 12.8. The van der Waals surface area contributed by atoms with Crippen LogP contribution in [0, 0.1) is 35.5 Å². The maximum absolute atomic E-state index is 12.8. The Morgan fingerprint density at radius 3 is 2.08 bits per heavy atom. The van der Waals surface area contributed by atoms with E-state index in [1.54, 1.807) is 27.7 Å². The number of esters is 3. The van der Waals surface area contributed by atoms with Gasteiger partial charge in [-0.3, -0.25) is 19.2 Å². The van der Waals surface area contributed by atoms with E-state index in [2.05, 4.69) is 5.92 Å². The Balaban J connectivity index is 5.73. The number of terminal acetylenes is 1. The number of hydrogen-bond donors (Lipinski definition) is 1. The number of carbonyl (C=O) groups excluding carboxylic acids is 3. The SMILES string of the molecule is C#CCC(C)C(C(=O)O)C(=O)OC(=O)C(CC)(C(=O)OCC)C(C)CC. The molecule has 0 spiro atoms. The van der Waals surface area contributed by atoms with Crippen LogP contribution in [0.4, 0.5) is 0 Å². The molecule has 0 aliphatic rings. The van der Waals surface area contributed by atoms with E-state index in [0.29, 0.717) is 6.42 Å². The molecule has 7 nitrogen and oxygen atoms in total. The van der Waals surface area contributed by atoms with Gasteiger partial charge in [0, 0.05) is 6.42 Å². The average Bonchev–Trinajstić information content (AvgIpc) is 2.55. The van der Waals surface area contributed by atoms with Crippen LogP contribution in [0.1, 0.15) is 53.9 Å². The van der Waals surface area contributed by atoms with Crippen LogP contribution in [0.3, 0.4) is 0 Å². The smallest absolute Gasteiger partial charge is 0.331 e. The predicted octanol–water partition coefficient (Wildman–Crippen LogP) is 2.42. The summed E-state index contributed by atoms with van der Waals surface area (Å²) in [6.07, 6.45) is 5.72. The summed E-state index contributed by atoms with van der Waals surface area (Å²) in [5.74, 6) is -5.02. The quantitative estimate of drug-likeness (QED) is 0.358. The molecule has 146 valence electrons. The summed E-state index contributed by atoms with van der Waals surface area (Å²) in [7, 11) is 0. The van der Waals surface area contributed by atoms with Gasteiger partial charge in [0.2, 0.25) is 0 Å². The zero-order chi connectivity index (χ0) is 20.5. The zero-order valence-electron chi connectivity index (χ0n) is 16.0. The van der Waals surface area contributed by atoms with Crippen molar-refractivity contribution in [3.8, 4) is 12.3 Å². The number of rotatable bonds is 10. The van der Waals surface area contributed by atoms with Gasteiger partial charge in [-0.05, 0) is 25.2 Å². The Hall–Kier alpha value is -2.36. The van der Waals surface area contributed by atoms with E-state index in [1.807, 2.05) is 0 Å². The first-order chi connectivity index (χ1) is 12.1. The van der Waals surface area contributed by atoms with E-state index in [-0.39, 0.29) is 19.4 Å². The van der Waals surface area contributed by atoms with Crippen molar-refractivity contribution in [2.24, 2.45) is 23.2 Å². The molecular weight excluding hydrogens is 340 g/mol. The van der Waals surface area contributed by atoms with Crippen molar-refractivity contribution in [3.05, 3.63) is 0 Å². The van der Waals surface area contributed by atoms with Crippen LogP contribution in [-0.4, -0.2) is 35.6 Å². The molecule has 0 aromatic heterocycles. The van der Waals surface area contributed by atoms with Crippen molar-refractivity contribution in [2.45, 2.75) is 53.9 Å². The third-order valence-electron chi connectivity index (χ3n) is 4.74. The van der Waals surface area contributed by atoms with Gasteiger partial charge in [-0.15, -0.1) is 12.3 Å². The Bertz CT molecular complexity index is 575. The van der Waals surface area contributed by atoms with Gasteiger partial charge in [0.05, 0.1) is 6.61 Å². The van der Waals surface area contributed by atoms with Crippen molar-refractivity contribution < 1.29 is 33.8 Å². The van der Waals surface area contributed by atoms with Crippen molar-refractivity contribution >= 4 is 23.9 Å². The van der Waals surface area contributed by atoms with Crippen molar-refractivity contribution in [3.63, 3.8) is 0 Å². The molecule has 0 aromatic rings. The first-order valence-electron chi connectivity index (χ1n) is 8.73. The van der Waals surface area contributed by atoms with Crippen LogP contribution >= 0.6 is 0 Å². The van der Waals surface area contributed by atoms with Crippen LogP contribution in [0.25, 0.3) is 0 Å². The molecular formula is C19H28O7. The van der Waals surface area contributed by atoms with Gasteiger partial charge < -0.3 is 14.6 Å². The molecule has 26 heavy (non-hydrogen) atoms. The third kappa shape index (κ3) is 5.07. The fraction of sp³-hybridized carbons (Fsp3) is 0.684. The van der Waals surface area contributed by atoms with E-state index >= 15 is 0 Å². The number of aliphatic carboxylic acids is 1. The molecule has 0 saturated carbocycles. The highest BCUT2D eigenvalue weighted by atomic mass is 16.6. The standard InChI is InChI=1S/C19H28O7/c1-7-11-12(5)14(15(20)21)16(22)26-18(24)19(9-3,13(6)8-2)17(23)25-10-4/h1,12-14H,8-11H2,2-6H3,(H,20,21). The van der Waals surface area contributed by atoms with Crippen LogP contribution < -0.4 is 0 Å². The van der Waals surface area contributed by atoms with Gasteiger partial charge in [-0.25, -0.2) is 0 Å². The molecule has 0 heterocycles. The minimum atomic E-state index is -1.67. The van der Waals surface area contributed by atoms with E-state index in [4.69, 9.17) is 15.9 Å². The topological polar surface area (TPSA) is 107 Å². The summed E-state index contributed by atoms with van der Waals surface area (Å²) in [6, 6.07) is 0. The highest BCUT2D eigenvalue weighted by Crippen LogP contribution is 2.37. The minimum Gasteiger partial charge on any atom is -0.481 e. The molecule has 7 heteroatoms. The first kappa shape index (κ1) is 23.6. The van der Waals surface area contributed by atoms with Crippen molar-refractivity contribution in [2.75, 3.05) is 6.61 Å². The first-order valence-corrected chi connectivity index (χ1v) is 8.73. The number of carboxylic acid groups (broad SMARTS) is 1. The molecule has 4 unspecified atom stereocenters. The molecule has 0 fully saturated rings. The molecule has 4 atom stereocenters. The van der Waals surface area contributed by atoms with Crippen LogP contribution in [0.5, 0.6) is 0 Å². The van der Waals surface area contributed by atoms with Gasteiger partial charge >= 0.3 is 23.9 Å². The van der Waals surface area contributed by atoms with Gasteiger partial charge in [0.25, 0.3) is 0 Å². The van der Waals surface area contributed by atoms with E-state index < -0.39 is 47.0 Å². The lowest BCUT2D eigenvalue weighted by Crippen LogP contribution is -2.48. The number of ether oxygens (including phenoxy) is 2. The minimum absolute atomic E-state index is 0.0302. The molecule has 0 saturated heterocycles. The number of carbonyl (C=O) groups is 4. The molecule has 0 bridgehead atoms. The molecule has 0 rings (SSSR count). The lowest BCUT2D eigenvalue weighted by Gasteiger charge is -2.33. The number of carboxylic acids is 1. The second-order valence-electron chi connectivity index (χ2n) is 6.26. The van der Waals surface area contributed by atoms with Gasteiger partial charge in [-0.1, -0.05) is 34.1 Å². The summed E-state index contributed by atoms with van der Waals surface area (Å²) in [6.45, 7) is 8.24. The van der Waals surface area contributed by atoms with Crippen LogP contribution in [0.15, 0.2) is 0 Å². The van der Waals surface area contributed by atoms with E-state index in [0.717, 1.165) is 0 Å².